The van der Waals surface area contributed by atoms with E-state index in [0.717, 1.165) is 22.5 Å². The summed E-state index contributed by atoms with van der Waals surface area (Å²) in [5, 5.41) is 18.6. The Morgan fingerprint density at radius 3 is 2.15 bits per heavy atom. The Balaban J connectivity index is 1.83. The van der Waals surface area contributed by atoms with Crippen LogP contribution in [0.25, 0.3) is 16.8 Å². The summed E-state index contributed by atoms with van der Waals surface area (Å²) in [5.74, 6) is 0.726. The molecule has 26 heavy (non-hydrogen) atoms. The van der Waals surface area contributed by atoms with Crippen molar-refractivity contribution in [3.8, 4) is 17.2 Å². The van der Waals surface area contributed by atoms with E-state index in [9.17, 15) is 5.26 Å². The molecule has 2 heterocycles. The third kappa shape index (κ3) is 2.74. The average Bonchev–Trinajstić information content (AvgIpc) is 3.07. The Morgan fingerprint density at radius 1 is 1.00 bits per heavy atom. The van der Waals surface area contributed by atoms with Gasteiger partial charge in [0.05, 0.1) is 17.5 Å². The Kier molecular flexibility index (Phi) is 4.17. The summed E-state index contributed by atoms with van der Waals surface area (Å²) in [5.41, 5.74) is 10.0. The van der Waals surface area contributed by atoms with Crippen molar-refractivity contribution in [3.63, 3.8) is 0 Å². The third-order valence-electron chi connectivity index (χ3n) is 4.28. The molecule has 3 N–H and O–H groups in total. The fourth-order valence-electron chi connectivity index (χ4n) is 2.96. The minimum Gasteiger partial charge on any atom is -0.338 e. The molecule has 1 aromatic heterocycles. The quantitative estimate of drug-likeness (QED) is 0.675. The minimum atomic E-state index is -0.678. The number of nitrogens with two attached hydrogens (primary N) is 1. The Bertz CT molecular complexity index is 1040. The summed E-state index contributed by atoms with van der Waals surface area (Å²) >= 11 is 12.0. The molecule has 2 aromatic carbocycles. The zero-order valence-electron chi connectivity index (χ0n) is 13.4. The first kappa shape index (κ1) is 16.7. The molecule has 1 atom stereocenters. The van der Waals surface area contributed by atoms with Crippen LogP contribution in [0.1, 0.15) is 11.7 Å². The second kappa shape index (κ2) is 6.50. The van der Waals surface area contributed by atoms with E-state index in [4.69, 9.17) is 28.9 Å². The van der Waals surface area contributed by atoms with Crippen LogP contribution < -0.4 is 11.1 Å². The van der Waals surface area contributed by atoms with Crippen molar-refractivity contribution >= 4 is 34.7 Å². The highest BCUT2D eigenvalue weighted by Crippen LogP contribution is 2.38. The molecule has 5 nitrogen and oxygen atoms in total. The summed E-state index contributed by atoms with van der Waals surface area (Å²) in [7, 11) is 0. The van der Waals surface area contributed by atoms with E-state index >= 15 is 0 Å². The number of benzene rings is 2. The van der Waals surface area contributed by atoms with Crippen molar-refractivity contribution in [2.45, 2.75) is 6.17 Å². The number of anilines is 1. The smallest absolute Gasteiger partial charge is 0.139 e. The van der Waals surface area contributed by atoms with Gasteiger partial charge in [-0.25, -0.2) is 4.68 Å². The maximum Gasteiger partial charge on any atom is 0.139 e. The van der Waals surface area contributed by atoms with E-state index in [-0.39, 0.29) is 0 Å². The van der Waals surface area contributed by atoms with Crippen LogP contribution in [-0.2, 0) is 0 Å². The Morgan fingerprint density at radius 2 is 1.58 bits per heavy atom. The molecule has 3 aromatic rings. The minimum absolute atomic E-state index is 0.408. The Labute approximate surface area is 160 Å². The van der Waals surface area contributed by atoms with Crippen LogP contribution in [-0.4, -0.2) is 9.78 Å². The van der Waals surface area contributed by atoms with Crippen molar-refractivity contribution in [3.05, 3.63) is 75.9 Å². The number of hydrogen-bond donors (Lipinski definition) is 2. The number of aromatic nitrogens is 2. The maximum atomic E-state index is 9.62. The van der Waals surface area contributed by atoms with Crippen LogP contribution in [0.4, 0.5) is 5.82 Å². The molecule has 0 bridgehead atoms. The van der Waals surface area contributed by atoms with E-state index in [1.807, 2.05) is 36.4 Å². The van der Waals surface area contributed by atoms with Gasteiger partial charge in [-0.05, 0) is 35.4 Å². The van der Waals surface area contributed by atoms with Crippen molar-refractivity contribution in [1.82, 2.24) is 9.78 Å². The predicted octanol–water partition coefficient (Wildman–Crippen LogP) is 4.67. The van der Waals surface area contributed by atoms with Gasteiger partial charge in [-0.1, -0.05) is 47.5 Å². The van der Waals surface area contributed by atoms with E-state index in [1.165, 1.54) is 0 Å². The number of nitriles is 1. The third-order valence-corrected chi connectivity index (χ3v) is 4.78. The monoisotopic (exact) mass is 381 g/mol. The summed E-state index contributed by atoms with van der Waals surface area (Å²) in [6.07, 6.45) is 1.05. The zero-order valence-corrected chi connectivity index (χ0v) is 15.0. The SMILES string of the molecule is N#CC1=C(c2ccc(Cl)cc2)Nc2c(-c3ccc(Cl)cc3)cnn2[C@H]1N. The summed E-state index contributed by atoms with van der Waals surface area (Å²) in [6.45, 7) is 0. The van der Waals surface area contributed by atoms with Crippen molar-refractivity contribution < 1.29 is 0 Å². The lowest BCUT2D eigenvalue weighted by Crippen LogP contribution is -2.29. The lowest BCUT2D eigenvalue weighted by Gasteiger charge is -2.26. The molecular weight excluding hydrogens is 369 g/mol. The van der Waals surface area contributed by atoms with Gasteiger partial charge in [-0.2, -0.15) is 10.4 Å². The van der Waals surface area contributed by atoms with Crippen LogP contribution >= 0.6 is 23.2 Å². The molecule has 0 fully saturated rings. The second-order valence-electron chi connectivity index (χ2n) is 5.84. The van der Waals surface area contributed by atoms with Gasteiger partial charge in [0.2, 0.25) is 0 Å². The van der Waals surface area contributed by atoms with Gasteiger partial charge in [0.15, 0.2) is 0 Å². The highest BCUT2D eigenvalue weighted by atomic mass is 35.5. The molecule has 0 radical (unpaired) electrons. The molecule has 128 valence electrons. The summed E-state index contributed by atoms with van der Waals surface area (Å²) < 4.78 is 1.61. The first-order valence-corrected chi connectivity index (χ1v) is 8.60. The van der Waals surface area contributed by atoms with Gasteiger partial charge in [0.1, 0.15) is 18.1 Å². The first-order valence-electron chi connectivity index (χ1n) is 7.84. The molecule has 1 aliphatic heterocycles. The molecule has 0 saturated heterocycles. The number of rotatable bonds is 2. The van der Waals surface area contributed by atoms with Gasteiger partial charge in [-0.3, -0.25) is 0 Å². The van der Waals surface area contributed by atoms with Crippen molar-refractivity contribution in [1.29, 1.82) is 5.26 Å². The molecule has 0 spiro atoms. The van der Waals surface area contributed by atoms with Gasteiger partial charge in [0.25, 0.3) is 0 Å². The predicted molar refractivity (Wildman–Crippen MR) is 104 cm³/mol. The lowest BCUT2D eigenvalue weighted by molar-refractivity contribution is 0.544. The maximum absolute atomic E-state index is 9.62. The van der Waals surface area contributed by atoms with Crippen LogP contribution in [0.2, 0.25) is 10.0 Å². The molecule has 1 aliphatic rings. The number of halogens is 2. The van der Waals surface area contributed by atoms with Crippen molar-refractivity contribution in [2.75, 3.05) is 5.32 Å². The Hall–Kier alpha value is -2.78. The fraction of sp³-hybridized carbons (Fsp3) is 0.0526. The normalized spacial score (nSPS) is 16.0. The zero-order chi connectivity index (χ0) is 18.3. The molecule has 4 rings (SSSR count). The molecule has 0 unspecified atom stereocenters. The van der Waals surface area contributed by atoms with Gasteiger partial charge in [-0.15, -0.1) is 0 Å². The van der Waals surface area contributed by atoms with Crippen LogP contribution in [0.3, 0.4) is 0 Å². The largest absolute Gasteiger partial charge is 0.338 e. The van der Waals surface area contributed by atoms with E-state index in [2.05, 4.69) is 16.5 Å². The van der Waals surface area contributed by atoms with Crippen LogP contribution in [0, 0.1) is 11.3 Å². The summed E-state index contributed by atoms with van der Waals surface area (Å²) in [4.78, 5) is 0. The van der Waals surface area contributed by atoms with E-state index < -0.39 is 6.17 Å². The highest BCUT2D eigenvalue weighted by Gasteiger charge is 2.29. The van der Waals surface area contributed by atoms with Gasteiger partial charge >= 0.3 is 0 Å². The van der Waals surface area contributed by atoms with Crippen LogP contribution in [0.15, 0.2) is 60.3 Å². The van der Waals surface area contributed by atoms with Crippen molar-refractivity contribution in [2.24, 2.45) is 5.73 Å². The first-order chi connectivity index (χ1) is 12.6. The van der Waals surface area contributed by atoms with E-state index in [0.29, 0.717) is 21.3 Å². The average molecular weight is 382 g/mol. The second-order valence-corrected chi connectivity index (χ2v) is 6.71. The number of hydrogen-bond acceptors (Lipinski definition) is 4. The molecule has 0 aliphatic carbocycles. The van der Waals surface area contributed by atoms with Gasteiger partial charge < -0.3 is 11.1 Å². The highest BCUT2D eigenvalue weighted by molar-refractivity contribution is 6.30. The number of fused-ring (bicyclic) bond motifs is 1. The summed E-state index contributed by atoms with van der Waals surface area (Å²) in [6, 6.07) is 16.9. The number of nitrogens with one attached hydrogen (secondary N) is 1. The molecule has 7 heteroatoms. The molecule has 0 amide bonds. The van der Waals surface area contributed by atoms with E-state index in [1.54, 1.807) is 23.0 Å². The topological polar surface area (TPSA) is 79.7 Å². The van der Waals surface area contributed by atoms with Crippen LogP contribution in [0.5, 0.6) is 0 Å². The fourth-order valence-corrected chi connectivity index (χ4v) is 3.21. The molecular formula is C19H13Cl2N5. The number of nitrogens with zero attached hydrogens (tertiary/aromatic N) is 3. The lowest BCUT2D eigenvalue weighted by atomic mass is 10.0. The standard InChI is InChI=1S/C19H13Cl2N5/c20-13-5-1-11(2-6-13)16-10-24-26-18(23)15(9-22)17(25-19(16)26)12-3-7-14(21)8-4-12/h1-8,10,18,25H,23H2/t18-/m1/s1. The molecule has 0 saturated carbocycles. The van der Waals surface area contributed by atoms with Gasteiger partial charge in [0, 0.05) is 15.6 Å².